The van der Waals surface area contributed by atoms with E-state index >= 15 is 0 Å². The molecule has 1 aliphatic heterocycles. The Morgan fingerprint density at radius 1 is 1.21 bits per heavy atom. The summed E-state index contributed by atoms with van der Waals surface area (Å²) in [5.41, 5.74) is 2.29. The molecule has 3 rings (SSSR count). The van der Waals surface area contributed by atoms with Crippen LogP contribution in [-0.2, 0) is 11.2 Å². The minimum absolute atomic E-state index is 0.108. The second-order valence-electron chi connectivity index (χ2n) is 5.64. The molecule has 1 heterocycles. The lowest BCUT2D eigenvalue weighted by atomic mass is 10.1. The van der Waals surface area contributed by atoms with E-state index in [9.17, 15) is 9.59 Å². The summed E-state index contributed by atoms with van der Waals surface area (Å²) in [6.45, 7) is 1.37. The predicted octanol–water partition coefficient (Wildman–Crippen LogP) is 3.44. The van der Waals surface area contributed by atoms with Crippen molar-refractivity contribution in [2.24, 2.45) is 0 Å². The zero-order valence-electron chi connectivity index (χ0n) is 13.1. The van der Waals surface area contributed by atoms with Gasteiger partial charge in [-0.3, -0.25) is 9.69 Å². The second kappa shape index (κ2) is 7.36. The molecule has 0 radical (unpaired) electrons. The van der Waals surface area contributed by atoms with E-state index in [4.69, 9.17) is 11.6 Å². The minimum Gasteiger partial charge on any atom is -0.338 e. The Morgan fingerprint density at radius 2 is 2.04 bits per heavy atom. The molecule has 124 valence electrons. The minimum atomic E-state index is -0.127. The molecule has 1 saturated heterocycles. The summed E-state index contributed by atoms with van der Waals surface area (Å²) in [7, 11) is 0. The molecular weight excluding hydrogens is 326 g/mol. The van der Waals surface area contributed by atoms with Gasteiger partial charge in [-0.25, -0.2) is 4.79 Å². The lowest BCUT2D eigenvalue weighted by Gasteiger charge is -2.27. The molecular formula is C18H18ClN3O2. The highest BCUT2D eigenvalue weighted by atomic mass is 35.5. The van der Waals surface area contributed by atoms with Crippen molar-refractivity contribution in [3.63, 3.8) is 0 Å². The van der Waals surface area contributed by atoms with Crippen LogP contribution in [0.3, 0.4) is 0 Å². The van der Waals surface area contributed by atoms with Gasteiger partial charge >= 0.3 is 6.03 Å². The second-order valence-corrected chi connectivity index (χ2v) is 6.08. The maximum atomic E-state index is 12.2. The lowest BCUT2D eigenvalue weighted by Crippen LogP contribution is -2.46. The predicted molar refractivity (Wildman–Crippen MR) is 95.6 cm³/mol. The van der Waals surface area contributed by atoms with Crippen molar-refractivity contribution in [3.05, 3.63) is 59.1 Å². The molecule has 1 aliphatic rings. The summed E-state index contributed by atoms with van der Waals surface area (Å²) in [5.74, 6) is -0.127. The summed E-state index contributed by atoms with van der Waals surface area (Å²) >= 11 is 5.93. The number of benzene rings is 2. The normalized spacial score (nSPS) is 14.2. The number of halogens is 1. The van der Waals surface area contributed by atoms with Crippen LogP contribution in [0.1, 0.15) is 12.0 Å². The fourth-order valence-corrected chi connectivity index (χ4v) is 2.88. The average Bonchev–Trinajstić information content (AvgIpc) is 2.55. The Hall–Kier alpha value is -2.53. The van der Waals surface area contributed by atoms with Crippen molar-refractivity contribution in [1.82, 2.24) is 5.32 Å². The van der Waals surface area contributed by atoms with Gasteiger partial charge in [0.25, 0.3) is 0 Å². The van der Waals surface area contributed by atoms with E-state index in [1.165, 1.54) is 0 Å². The largest absolute Gasteiger partial charge is 0.338 e. The van der Waals surface area contributed by atoms with Crippen molar-refractivity contribution in [2.45, 2.75) is 12.8 Å². The van der Waals surface area contributed by atoms with Crippen LogP contribution < -0.4 is 15.5 Å². The lowest BCUT2D eigenvalue weighted by molar-refractivity contribution is -0.115. The van der Waals surface area contributed by atoms with E-state index in [1.807, 2.05) is 24.3 Å². The molecule has 0 aromatic heterocycles. The van der Waals surface area contributed by atoms with Gasteiger partial charge in [-0.05, 0) is 42.3 Å². The van der Waals surface area contributed by atoms with E-state index in [2.05, 4.69) is 10.6 Å². The van der Waals surface area contributed by atoms with Crippen LogP contribution in [0.4, 0.5) is 16.2 Å². The molecule has 2 N–H and O–H groups in total. The molecule has 0 unspecified atom stereocenters. The molecule has 1 fully saturated rings. The van der Waals surface area contributed by atoms with Crippen LogP contribution >= 0.6 is 11.6 Å². The highest BCUT2D eigenvalue weighted by molar-refractivity contribution is 6.30. The van der Waals surface area contributed by atoms with Gasteiger partial charge in [0, 0.05) is 29.5 Å². The molecule has 0 spiro atoms. The molecule has 3 amide bonds. The molecule has 5 nitrogen and oxygen atoms in total. The number of rotatable bonds is 4. The van der Waals surface area contributed by atoms with E-state index < -0.39 is 0 Å². The van der Waals surface area contributed by atoms with Crippen molar-refractivity contribution < 1.29 is 9.59 Å². The van der Waals surface area contributed by atoms with Gasteiger partial charge in [0.2, 0.25) is 5.91 Å². The van der Waals surface area contributed by atoms with E-state index in [0.29, 0.717) is 23.8 Å². The van der Waals surface area contributed by atoms with Crippen LogP contribution in [0.5, 0.6) is 0 Å². The Labute approximate surface area is 145 Å². The first kappa shape index (κ1) is 16.3. The zero-order chi connectivity index (χ0) is 16.9. The van der Waals surface area contributed by atoms with Crippen LogP contribution in [0, 0.1) is 0 Å². The van der Waals surface area contributed by atoms with Gasteiger partial charge in [0.15, 0.2) is 0 Å². The Kier molecular flexibility index (Phi) is 5.01. The van der Waals surface area contributed by atoms with Crippen molar-refractivity contribution in [1.29, 1.82) is 0 Å². The molecule has 0 atom stereocenters. The number of carbonyl (C=O) groups excluding carboxylic acids is 2. The monoisotopic (exact) mass is 343 g/mol. The fraction of sp³-hybridized carbons (Fsp3) is 0.222. The van der Waals surface area contributed by atoms with Crippen molar-refractivity contribution in [3.8, 4) is 0 Å². The third-order valence-corrected chi connectivity index (χ3v) is 4.01. The van der Waals surface area contributed by atoms with Crippen molar-refractivity contribution in [2.75, 3.05) is 23.3 Å². The van der Waals surface area contributed by atoms with Gasteiger partial charge < -0.3 is 10.6 Å². The topological polar surface area (TPSA) is 61.4 Å². The first-order valence-corrected chi connectivity index (χ1v) is 8.19. The summed E-state index contributed by atoms with van der Waals surface area (Å²) in [4.78, 5) is 25.8. The van der Waals surface area contributed by atoms with Crippen LogP contribution in [-0.4, -0.2) is 25.0 Å². The number of anilines is 2. The van der Waals surface area contributed by atoms with Gasteiger partial charge in [0.1, 0.15) is 0 Å². The number of amides is 3. The SMILES string of the molecule is O=C(Cc1cccc(Cl)c1)Nc1cccc(N2CCCNC2=O)c1. The highest BCUT2D eigenvalue weighted by Crippen LogP contribution is 2.21. The smallest absolute Gasteiger partial charge is 0.321 e. The van der Waals surface area contributed by atoms with Gasteiger partial charge in [-0.2, -0.15) is 0 Å². The first-order valence-electron chi connectivity index (χ1n) is 7.81. The zero-order valence-corrected chi connectivity index (χ0v) is 13.8. The third kappa shape index (κ3) is 4.06. The van der Waals surface area contributed by atoms with E-state index in [0.717, 1.165) is 17.7 Å². The number of hydrogen-bond donors (Lipinski definition) is 2. The average molecular weight is 344 g/mol. The molecule has 0 bridgehead atoms. The molecule has 2 aromatic rings. The number of nitrogens with zero attached hydrogens (tertiary/aromatic N) is 1. The standard InChI is InChI=1S/C18H18ClN3O2/c19-14-5-1-4-13(10-14)11-17(23)21-15-6-2-7-16(12-15)22-9-3-8-20-18(22)24/h1-2,4-7,10,12H,3,8-9,11H2,(H,20,24)(H,21,23). The Balaban J connectivity index is 1.68. The van der Waals surface area contributed by atoms with Crippen LogP contribution in [0.15, 0.2) is 48.5 Å². The number of carbonyl (C=O) groups is 2. The molecule has 24 heavy (non-hydrogen) atoms. The van der Waals surface area contributed by atoms with Crippen molar-refractivity contribution >= 4 is 34.9 Å². The molecule has 0 saturated carbocycles. The summed E-state index contributed by atoms with van der Waals surface area (Å²) in [6, 6.07) is 14.4. The molecule has 6 heteroatoms. The van der Waals surface area contributed by atoms with E-state index in [-0.39, 0.29) is 18.4 Å². The maximum Gasteiger partial charge on any atom is 0.321 e. The Morgan fingerprint density at radius 3 is 2.83 bits per heavy atom. The van der Waals surface area contributed by atoms with Crippen LogP contribution in [0.2, 0.25) is 5.02 Å². The maximum absolute atomic E-state index is 12.2. The highest BCUT2D eigenvalue weighted by Gasteiger charge is 2.19. The number of nitrogens with one attached hydrogen (secondary N) is 2. The first-order chi connectivity index (χ1) is 11.6. The van der Waals surface area contributed by atoms with Gasteiger partial charge in [-0.15, -0.1) is 0 Å². The fourth-order valence-electron chi connectivity index (χ4n) is 2.66. The quantitative estimate of drug-likeness (QED) is 0.893. The Bertz CT molecular complexity index is 763. The third-order valence-electron chi connectivity index (χ3n) is 3.78. The van der Waals surface area contributed by atoms with E-state index in [1.54, 1.807) is 29.2 Å². The summed E-state index contributed by atoms with van der Waals surface area (Å²) in [5, 5.41) is 6.29. The van der Waals surface area contributed by atoms with Gasteiger partial charge in [-0.1, -0.05) is 29.8 Å². The molecule has 0 aliphatic carbocycles. The molecule has 2 aromatic carbocycles. The van der Waals surface area contributed by atoms with Crippen LogP contribution in [0.25, 0.3) is 0 Å². The summed E-state index contributed by atoms with van der Waals surface area (Å²) in [6.07, 6.45) is 1.14. The number of hydrogen-bond acceptors (Lipinski definition) is 2. The number of urea groups is 1. The summed E-state index contributed by atoms with van der Waals surface area (Å²) < 4.78 is 0. The van der Waals surface area contributed by atoms with Gasteiger partial charge in [0.05, 0.1) is 6.42 Å².